The van der Waals surface area contributed by atoms with Gasteiger partial charge in [0.2, 0.25) is 15.9 Å². The number of aromatic nitrogens is 4. The van der Waals surface area contributed by atoms with Crippen LogP contribution in [0.1, 0.15) is 25.1 Å². The summed E-state index contributed by atoms with van der Waals surface area (Å²) in [6.45, 7) is 4.80. The fraction of sp³-hybridized carbons (Fsp3) is 0.562. The number of halogens is 1. The van der Waals surface area contributed by atoms with Crippen molar-refractivity contribution < 1.29 is 13.2 Å². The molecule has 1 atom stereocenters. The first-order chi connectivity index (χ1) is 12.8. The van der Waals surface area contributed by atoms with Crippen LogP contribution in [0.25, 0.3) is 0 Å². The minimum Gasteiger partial charge on any atom is -0.338 e. The molecule has 1 saturated heterocycles. The molecule has 148 valence electrons. The maximum Gasteiger partial charge on any atom is 0.247 e. The second kappa shape index (κ2) is 7.61. The standard InChI is InChI=1S/C16H23ClN6O3S/c1-4-14(23-11-13(17)9-19-23)16(24)21-5-7-22(8-6-21)27(25,26)15-10-18-20(3)12(15)2/h9-11,14H,4-8H2,1-3H3. The number of amides is 1. The average molecular weight is 415 g/mol. The Morgan fingerprint density at radius 3 is 2.37 bits per heavy atom. The lowest BCUT2D eigenvalue weighted by Gasteiger charge is -2.35. The number of sulfonamides is 1. The van der Waals surface area contributed by atoms with E-state index in [-0.39, 0.29) is 23.9 Å². The van der Waals surface area contributed by atoms with E-state index in [9.17, 15) is 13.2 Å². The third kappa shape index (κ3) is 3.74. The second-order valence-electron chi connectivity index (χ2n) is 6.51. The molecule has 2 aromatic heterocycles. The molecular weight excluding hydrogens is 392 g/mol. The smallest absolute Gasteiger partial charge is 0.247 e. The Morgan fingerprint density at radius 1 is 1.22 bits per heavy atom. The number of hydrogen-bond acceptors (Lipinski definition) is 5. The molecule has 3 heterocycles. The third-order valence-corrected chi connectivity index (χ3v) is 7.12. The molecule has 0 saturated carbocycles. The van der Waals surface area contributed by atoms with E-state index in [0.29, 0.717) is 30.2 Å². The highest BCUT2D eigenvalue weighted by molar-refractivity contribution is 7.89. The molecule has 3 rings (SSSR count). The Morgan fingerprint density at radius 2 is 1.89 bits per heavy atom. The number of carbonyl (C=O) groups excluding carboxylic acids is 1. The highest BCUT2D eigenvalue weighted by Crippen LogP contribution is 2.22. The molecule has 0 N–H and O–H groups in total. The van der Waals surface area contributed by atoms with Crippen molar-refractivity contribution in [3.8, 4) is 0 Å². The van der Waals surface area contributed by atoms with Crippen LogP contribution in [-0.2, 0) is 21.9 Å². The Hall–Kier alpha value is -1.91. The minimum atomic E-state index is -3.62. The van der Waals surface area contributed by atoms with Gasteiger partial charge in [-0.1, -0.05) is 18.5 Å². The van der Waals surface area contributed by atoms with Crippen LogP contribution < -0.4 is 0 Å². The summed E-state index contributed by atoms with van der Waals surface area (Å²) in [7, 11) is -1.91. The van der Waals surface area contributed by atoms with E-state index in [2.05, 4.69) is 10.2 Å². The van der Waals surface area contributed by atoms with E-state index < -0.39 is 16.1 Å². The summed E-state index contributed by atoms with van der Waals surface area (Å²) in [6, 6.07) is -0.443. The van der Waals surface area contributed by atoms with Crippen molar-refractivity contribution in [1.29, 1.82) is 0 Å². The Labute approximate surface area is 163 Å². The zero-order chi connectivity index (χ0) is 19.8. The maximum absolute atomic E-state index is 12.9. The molecule has 1 unspecified atom stereocenters. The predicted octanol–water partition coefficient (Wildman–Crippen LogP) is 1.06. The van der Waals surface area contributed by atoms with Crippen molar-refractivity contribution in [3.05, 3.63) is 29.3 Å². The van der Waals surface area contributed by atoms with E-state index in [1.807, 2.05) is 6.92 Å². The van der Waals surface area contributed by atoms with Crippen LogP contribution in [0.3, 0.4) is 0 Å². The lowest BCUT2D eigenvalue weighted by atomic mass is 10.2. The predicted molar refractivity (Wildman–Crippen MR) is 99.8 cm³/mol. The Balaban J connectivity index is 1.69. The molecule has 0 bridgehead atoms. The number of carbonyl (C=O) groups is 1. The quantitative estimate of drug-likeness (QED) is 0.729. The van der Waals surface area contributed by atoms with Crippen molar-refractivity contribution in [2.24, 2.45) is 7.05 Å². The fourth-order valence-corrected chi connectivity index (χ4v) is 4.94. The minimum absolute atomic E-state index is 0.0770. The summed E-state index contributed by atoms with van der Waals surface area (Å²) in [5, 5.41) is 8.62. The van der Waals surface area contributed by atoms with E-state index in [1.54, 1.807) is 29.7 Å². The molecule has 2 aromatic rings. The van der Waals surface area contributed by atoms with Gasteiger partial charge in [0.15, 0.2) is 0 Å². The number of piperazine rings is 1. The van der Waals surface area contributed by atoms with Gasteiger partial charge in [-0.15, -0.1) is 0 Å². The van der Waals surface area contributed by atoms with Crippen LogP contribution in [0, 0.1) is 6.92 Å². The first-order valence-corrected chi connectivity index (χ1v) is 10.5. The molecule has 1 aliphatic rings. The van der Waals surface area contributed by atoms with Gasteiger partial charge in [0.25, 0.3) is 0 Å². The molecule has 1 aliphatic heterocycles. The average Bonchev–Trinajstić information content (AvgIpc) is 3.22. The number of aryl methyl sites for hydroxylation is 1. The molecule has 11 heteroatoms. The molecule has 9 nitrogen and oxygen atoms in total. The van der Waals surface area contributed by atoms with Gasteiger partial charge in [0.1, 0.15) is 10.9 Å². The van der Waals surface area contributed by atoms with Crippen molar-refractivity contribution >= 4 is 27.5 Å². The number of hydrogen-bond donors (Lipinski definition) is 0. The summed E-state index contributed by atoms with van der Waals surface area (Å²) in [4.78, 5) is 14.8. The number of rotatable bonds is 5. The zero-order valence-corrected chi connectivity index (χ0v) is 17.1. The summed E-state index contributed by atoms with van der Waals surface area (Å²) in [5.74, 6) is -0.0770. The normalized spacial score (nSPS) is 17.3. The summed E-state index contributed by atoms with van der Waals surface area (Å²) >= 11 is 5.91. The van der Waals surface area contributed by atoms with Gasteiger partial charge in [0, 0.05) is 39.4 Å². The topological polar surface area (TPSA) is 93.3 Å². The van der Waals surface area contributed by atoms with Gasteiger partial charge in [-0.3, -0.25) is 14.2 Å². The molecule has 0 aromatic carbocycles. The first-order valence-electron chi connectivity index (χ1n) is 8.73. The van der Waals surface area contributed by atoms with Gasteiger partial charge in [-0.2, -0.15) is 14.5 Å². The lowest BCUT2D eigenvalue weighted by Crippen LogP contribution is -2.52. The molecular formula is C16H23ClN6O3S. The van der Waals surface area contributed by atoms with Gasteiger partial charge < -0.3 is 4.90 Å². The van der Waals surface area contributed by atoms with Gasteiger partial charge in [0.05, 0.1) is 23.1 Å². The molecule has 27 heavy (non-hydrogen) atoms. The zero-order valence-electron chi connectivity index (χ0n) is 15.5. The van der Waals surface area contributed by atoms with Crippen molar-refractivity contribution in [1.82, 2.24) is 28.8 Å². The van der Waals surface area contributed by atoms with Crippen LogP contribution in [-0.4, -0.2) is 69.3 Å². The van der Waals surface area contributed by atoms with Crippen LogP contribution in [0.2, 0.25) is 5.02 Å². The summed E-state index contributed by atoms with van der Waals surface area (Å²) in [6.07, 6.45) is 5.07. The highest BCUT2D eigenvalue weighted by Gasteiger charge is 2.34. The van der Waals surface area contributed by atoms with Crippen molar-refractivity contribution in [3.63, 3.8) is 0 Å². The van der Waals surface area contributed by atoms with Crippen LogP contribution in [0.5, 0.6) is 0 Å². The molecule has 0 aliphatic carbocycles. The lowest BCUT2D eigenvalue weighted by molar-refractivity contribution is -0.136. The van der Waals surface area contributed by atoms with E-state index in [0.717, 1.165) is 0 Å². The van der Waals surface area contributed by atoms with Crippen molar-refractivity contribution in [2.75, 3.05) is 26.2 Å². The molecule has 1 fully saturated rings. The van der Waals surface area contributed by atoms with E-state index >= 15 is 0 Å². The Bertz CT molecular complexity index is 930. The fourth-order valence-electron chi connectivity index (χ4n) is 3.19. The van der Waals surface area contributed by atoms with Crippen LogP contribution >= 0.6 is 11.6 Å². The monoisotopic (exact) mass is 414 g/mol. The van der Waals surface area contributed by atoms with Crippen molar-refractivity contribution in [2.45, 2.75) is 31.2 Å². The van der Waals surface area contributed by atoms with E-state index in [1.165, 1.54) is 21.4 Å². The largest absolute Gasteiger partial charge is 0.338 e. The van der Waals surface area contributed by atoms with Gasteiger partial charge in [-0.25, -0.2) is 8.42 Å². The van der Waals surface area contributed by atoms with E-state index in [4.69, 9.17) is 11.6 Å². The Kier molecular flexibility index (Phi) is 5.59. The third-order valence-electron chi connectivity index (χ3n) is 4.92. The maximum atomic E-state index is 12.9. The molecule has 1 amide bonds. The SMILES string of the molecule is CCC(C(=O)N1CCN(S(=O)(=O)c2cnn(C)c2C)CC1)n1cc(Cl)cn1. The van der Waals surface area contributed by atoms with Gasteiger partial charge >= 0.3 is 0 Å². The molecule has 0 radical (unpaired) electrons. The van der Waals surface area contributed by atoms with Crippen LogP contribution in [0.4, 0.5) is 0 Å². The first kappa shape index (κ1) is 19.8. The number of nitrogens with zero attached hydrogens (tertiary/aromatic N) is 6. The highest BCUT2D eigenvalue weighted by atomic mass is 35.5. The second-order valence-corrected chi connectivity index (χ2v) is 8.85. The summed E-state index contributed by atoms with van der Waals surface area (Å²) < 4.78 is 30.2. The molecule has 0 spiro atoms. The van der Waals surface area contributed by atoms with Gasteiger partial charge in [-0.05, 0) is 13.3 Å². The van der Waals surface area contributed by atoms with Crippen LogP contribution in [0.15, 0.2) is 23.5 Å². The summed E-state index contributed by atoms with van der Waals surface area (Å²) in [5.41, 5.74) is 0.593.